The maximum atomic E-state index is 12.5. The van der Waals surface area contributed by atoms with Crippen molar-refractivity contribution in [1.82, 2.24) is 5.32 Å². The molecule has 0 atom stereocenters. The Labute approximate surface area is 114 Å². The minimum atomic E-state index is -4.59. The van der Waals surface area contributed by atoms with Crippen LogP contribution in [0.1, 0.15) is 18.9 Å². The molecular weight excluding hydrogens is 275 g/mol. The molecule has 0 amide bonds. The Morgan fingerprint density at radius 2 is 1.95 bits per heavy atom. The van der Waals surface area contributed by atoms with E-state index in [0.29, 0.717) is 19.2 Å². The summed E-state index contributed by atoms with van der Waals surface area (Å²) in [6, 6.07) is 2.46. The van der Waals surface area contributed by atoms with Gasteiger partial charge in [-0.25, -0.2) is 0 Å². The fourth-order valence-corrected chi connectivity index (χ4v) is 1.60. The Hall–Kier alpha value is -1.83. The van der Waals surface area contributed by atoms with Gasteiger partial charge in [0.25, 0.3) is 5.69 Å². The topological polar surface area (TPSA) is 67.2 Å². The van der Waals surface area contributed by atoms with Crippen LogP contribution in [0.5, 0.6) is 0 Å². The molecule has 2 N–H and O–H groups in total. The van der Waals surface area contributed by atoms with Gasteiger partial charge in [0, 0.05) is 19.2 Å². The molecule has 0 aliphatic carbocycles. The van der Waals surface area contributed by atoms with Gasteiger partial charge in [-0.2, -0.15) is 13.2 Å². The van der Waals surface area contributed by atoms with Crippen LogP contribution in [0.4, 0.5) is 24.5 Å². The summed E-state index contributed by atoms with van der Waals surface area (Å²) >= 11 is 0. The second-order valence-electron chi connectivity index (χ2n) is 4.16. The van der Waals surface area contributed by atoms with Gasteiger partial charge in [0.2, 0.25) is 0 Å². The number of nitrogens with zero attached hydrogens (tertiary/aromatic N) is 1. The van der Waals surface area contributed by atoms with Gasteiger partial charge in [0.15, 0.2) is 0 Å². The summed E-state index contributed by atoms with van der Waals surface area (Å²) < 4.78 is 37.5. The highest BCUT2D eigenvalue weighted by molar-refractivity contribution is 5.62. The van der Waals surface area contributed by atoms with Gasteiger partial charge in [-0.05, 0) is 25.1 Å². The summed E-state index contributed by atoms with van der Waals surface area (Å²) in [4.78, 5) is 10.00. The molecule has 5 nitrogen and oxygen atoms in total. The van der Waals surface area contributed by atoms with Crippen LogP contribution >= 0.6 is 0 Å². The van der Waals surface area contributed by atoms with Gasteiger partial charge < -0.3 is 10.6 Å². The number of nitrogens with one attached hydrogen (secondary N) is 2. The lowest BCUT2D eigenvalue weighted by Gasteiger charge is -2.10. The summed E-state index contributed by atoms with van der Waals surface area (Å²) in [6.07, 6.45) is -3.63. The van der Waals surface area contributed by atoms with Crippen molar-refractivity contribution < 1.29 is 18.1 Å². The van der Waals surface area contributed by atoms with Crippen molar-refractivity contribution in [3.63, 3.8) is 0 Å². The molecule has 1 aromatic carbocycles. The van der Waals surface area contributed by atoms with Crippen molar-refractivity contribution in [2.75, 3.05) is 25.0 Å². The monoisotopic (exact) mass is 291 g/mol. The third-order valence-electron chi connectivity index (χ3n) is 2.57. The van der Waals surface area contributed by atoms with Gasteiger partial charge in [0.1, 0.15) is 5.69 Å². The van der Waals surface area contributed by atoms with Crippen molar-refractivity contribution in [2.45, 2.75) is 19.5 Å². The van der Waals surface area contributed by atoms with Gasteiger partial charge in [-0.15, -0.1) is 0 Å². The molecule has 0 saturated heterocycles. The SMILES string of the molecule is CCCNCCNc1ccc(C(F)(F)F)cc1[N+](=O)[O-]. The van der Waals surface area contributed by atoms with E-state index in [9.17, 15) is 23.3 Å². The normalized spacial score (nSPS) is 11.4. The van der Waals surface area contributed by atoms with E-state index in [4.69, 9.17) is 0 Å². The summed E-state index contributed by atoms with van der Waals surface area (Å²) in [7, 11) is 0. The first-order chi connectivity index (χ1) is 9.36. The summed E-state index contributed by atoms with van der Waals surface area (Å²) in [5, 5.41) is 16.7. The van der Waals surface area contributed by atoms with E-state index in [1.54, 1.807) is 0 Å². The second-order valence-corrected chi connectivity index (χ2v) is 4.16. The van der Waals surface area contributed by atoms with E-state index in [2.05, 4.69) is 10.6 Å². The molecular formula is C12H16F3N3O2. The standard InChI is InChI=1S/C12H16F3N3O2/c1-2-5-16-6-7-17-10-4-3-9(12(13,14)15)8-11(10)18(19)20/h3-4,8,16-17H,2,5-7H2,1H3. The number of nitro benzene ring substituents is 1. The van der Waals surface area contributed by atoms with Crippen LogP contribution in [0.2, 0.25) is 0 Å². The minimum absolute atomic E-state index is 0.0845. The first kappa shape index (κ1) is 16.2. The summed E-state index contributed by atoms with van der Waals surface area (Å²) in [5.74, 6) is 0. The van der Waals surface area contributed by atoms with Crippen LogP contribution in [0.25, 0.3) is 0 Å². The van der Waals surface area contributed by atoms with Gasteiger partial charge in [0.05, 0.1) is 10.5 Å². The number of benzene rings is 1. The van der Waals surface area contributed by atoms with E-state index >= 15 is 0 Å². The van der Waals surface area contributed by atoms with Crippen molar-refractivity contribution >= 4 is 11.4 Å². The smallest absolute Gasteiger partial charge is 0.378 e. The number of hydrogen-bond donors (Lipinski definition) is 2. The number of halogens is 3. The highest BCUT2D eigenvalue weighted by Crippen LogP contribution is 2.34. The Kier molecular flexibility index (Phi) is 5.75. The molecule has 0 bridgehead atoms. The maximum Gasteiger partial charge on any atom is 0.416 e. The minimum Gasteiger partial charge on any atom is -0.378 e. The fraction of sp³-hybridized carbons (Fsp3) is 0.500. The van der Waals surface area contributed by atoms with Crippen molar-refractivity contribution in [3.05, 3.63) is 33.9 Å². The quantitative estimate of drug-likeness (QED) is 0.460. The molecule has 0 spiro atoms. The molecule has 8 heteroatoms. The maximum absolute atomic E-state index is 12.5. The van der Waals surface area contributed by atoms with Crippen LogP contribution in [0.3, 0.4) is 0 Å². The molecule has 0 aliphatic heterocycles. The largest absolute Gasteiger partial charge is 0.416 e. The lowest BCUT2D eigenvalue weighted by molar-refractivity contribution is -0.384. The third-order valence-corrected chi connectivity index (χ3v) is 2.57. The molecule has 20 heavy (non-hydrogen) atoms. The van der Waals surface area contributed by atoms with Crippen LogP contribution < -0.4 is 10.6 Å². The lowest BCUT2D eigenvalue weighted by Crippen LogP contribution is -2.23. The molecule has 0 aliphatic rings. The Balaban J connectivity index is 2.78. The summed E-state index contributed by atoms with van der Waals surface area (Å²) in [5.41, 5.74) is -1.52. The molecule has 0 saturated carbocycles. The van der Waals surface area contributed by atoms with E-state index in [1.807, 2.05) is 6.92 Å². The zero-order valence-corrected chi connectivity index (χ0v) is 11.0. The molecule has 0 radical (unpaired) electrons. The molecule has 0 fully saturated rings. The molecule has 0 unspecified atom stereocenters. The van der Waals surface area contributed by atoms with Crippen LogP contribution in [-0.2, 0) is 6.18 Å². The number of hydrogen-bond acceptors (Lipinski definition) is 4. The Morgan fingerprint density at radius 1 is 1.25 bits per heavy atom. The number of anilines is 1. The first-order valence-corrected chi connectivity index (χ1v) is 6.16. The van der Waals surface area contributed by atoms with Crippen LogP contribution in [0.15, 0.2) is 18.2 Å². The van der Waals surface area contributed by atoms with E-state index in [-0.39, 0.29) is 5.69 Å². The third kappa shape index (κ3) is 4.69. The predicted molar refractivity (Wildman–Crippen MR) is 69.7 cm³/mol. The van der Waals surface area contributed by atoms with E-state index < -0.39 is 22.4 Å². The van der Waals surface area contributed by atoms with Gasteiger partial charge in [-0.1, -0.05) is 6.92 Å². The zero-order chi connectivity index (χ0) is 15.2. The number of rotatable bonds is 7. The fourth-order valence-electron chi connectivity index (χ4n) is 1.60. The average molecular weight is 291 g/mol. The highest BCUT2D eigenvalue weighted by atomic mass is 19.4. The predicted octanol–water partition coefficient (Wildman–Crippen LogP) is 3.03. The first-order valence-electron chi connectivity index (χ1n) is 6.16. The van der Waals surface area contributed by atoms with Crippen LogP contribution in [0, 0.1) is 10.1 Å². The highest BCUT2D eigenvalue weighted by Gasteiger charge is 2.32. The average Bonchev–Trinajstić information content (AvgIpc) is 2.37. The van der Waals surface area contributed by atoms with Crippen LogP contribution in [-0.4, -0.2) is 24.6 Å². The Morgan fingerprint density at radius 3 is 2.50 bits per heavy atom. The molecule has 112 valence electrons. The van der Waals surface area contributed by atoms with Crippen molar-refractivity contribution in [1.29, 1.82) is 0 Å². The van der Waals surface area contributed by atoms with E-state index in [0.717, 1.165) is 25.1 Å². The van der Waals surface area contributed by atoms with Gasteiger partial charge in [-0.3, -0.25) is 10.1 Å². The molecule has 0 heterocycles. The van der Waals surface area contributed by atoms with Gasteiger partial charge >= 0.3 is 6.18 Å². The van der Waals surface area contributed by atoms with Crippen molar-refractivity contribution in [2.24, 2.45) is 0 Å². The molecule has 1 rings (SSSR count). The lowest BCUT2D eigenvalue weighted by atomic mass is 10.1. The number of alkyl halides is 3. The Bertz CT molecular complexity index is 464. The van der Waals surface area contributed by atoms with Crippen molar-refractivity contribution in [3.8, 4) is 0 Å². The number of nitro groups is 1. The molecule has 1 aromatic rings. The second kappa shape index (κ2) is 7.09. The molecule has 0 aromatic heterocycles. The zero-order valence-electron chi connectivity index (χ0n) is 11.0. The summed E-state index contributed by atoms with van der Waals surface area (Å²) in [6.45, 7) is 3.79. The van der Waals surface area contributed by atoms with E-state index in [1.165, 1.54) is 0 Å².